The van der Waals surface area contributed by atoms with Gasteiger partial charge in [-0.3, -0.25) is 0 Å². The molecule has 1 saturated heterocycles. The van der Waals surface area contributed by atoms with E-state index in [1.54, 1.807) is 0 Å². The topological polar surface area (TPSA) is 63.4 Å². The maximum atomic E-state index is 13.6. The molecule has 4 nitrogen and oxygen atoms in total. The minimum Gasteiger partial charge on any atom is -0.326 e. The summed E-state index contributed by atoms with van der Waals surface area (Å²) in [5.74, 6) is -0.835. The highest BCUT2D eigenvalue weighted by Crippen LogP contribution is 2.24. The van der Waals surface area contributed by atoms with Crippen molar-refractivity contribution in [2.45, 2.75) is 17.4 Å². The lowest BCUT2D eigenvalue weighted by Gasteiger charge is -2.16. The minimum absolute atomic E-state index is 0. The lowest BCUT2D eigenvalue weighted by atomic mass is 10.3. The summed E-state index contributed by atoms with van der Waals surface area (Å²) < 4.78 is 39.0. The summed E-state index contributed by atoms with van der Waals surface area (Å²) in [6, 6.07) is 3.34. The number of sulfonamides is 1. The van der Waals surface area contributed by atoms with Gasteiger partial charge >= 0.3 is 0 Å². The summed E-state index contributed by atoms with van der Waals surface area (Å²) >= 11 is 5.58. The molecule has 0 bridgehead atoms. The predicted molar refractivity (Wildman–Crippen MR) is 70.0 cm³/mol. The van der Waals surface area contributed by atoms with Crippen LogP contribution in [0.5, 0.6) is 0 Å². The zero-order valence-electron chi connectivity index (χ0n) is 9.34. The Hall–Kier alpha value is -0.400. The Bertz CT molecular complexity index is 539. The maximum absolute atomic E-state index is 13.6. The summed E-state index contributed by atoms with van der Waals surface area (Å²) in [5, 5.41) is 0.166. The highest BCUT2D eigenvalue weighted by atomic mass is 35.5. The number of hydrogen-bond donors (Lipinski definition) is 1. The van der Waals surface area contributed by atoms with Gasteiger partial charge in [0, 0.05) is 24.2 Å². The number of nitrogens with zero attached hydrogens (tertiary/aromatic N) is 1. The maximum Gasteiger partial charge on any atom is 0.246 e. The van der Waals surface area contributed by atoms with E-state index in [0.717, 1.165) is 6.07 Å². The Morgan fingerprint density at radius 3 is 2.61 bits per heavy atom. The largest absolute Gasteiger partial charge is 0.326 e. The van der Waals surface area contributed by atoms with Crippen LogP contribution in [0.3, 0.4) is 0 Å². The van der Waals surface area contributed by atoms with Crippen LogP contribution in [-0.4, -0.2) is 31.9 Å². The predicted octanol–water partition coefficient (Wildman–Crippen LogP) is 1.62. The van der Waals surface area contributed by atoms with Gasteiger partial charge in [0.2, 0.25) is 10.0 Å². The van der Waals surface area contributed by atoms with Gasteiger partial charge in [-0.15, -0.1) is 12.4 Å². The monoisotopic (exact) mass is 314 g/mol. The van der Waals surface area contributed by atoms with Crippen LogP contribution in [-0.2, 0) is 10.0 Å². The molecule has 1 aliphatic heterocycles. The number of halogens is 3. The fraction of sp³-hybridized carbons (Fsp3) is 0.400. The van der Waals surface area contributed by atoms with Gasteiger partial charge in [-0.2, -0.15) is 4.31 Å². The molecule has 0 aliphatic carbocycles. The standard InChI is InChI=1S/C10H12ClFN2O2S.ClH/c11-7-1-2-10(9(12)5-7)17(15,16)14-4-3-8(13)6-14;/h1-2,5,8H,3-4,6,13H2;1H. The Morgan fingerprint density at radius 2 is 2.11 bits per heavy atom. The zero-order valence-corrected chi connectivity index (χ0v) is 11.7. The Labute approximate surface area is 116 Å². The average molecular weight is 315 g/mol. The van der Waals surface area contributed by atoms with E-state index in [-0.39, 0.29) is 34.9 Å². The Morgan fingerprint density at radius 1 is 1.44 bits per heavy atom. The van der Waals surface area contributed by atoms with Gasteiger partial charge in [-0.05, 0) is 24.6 Å². The van der Waals surface area contributed by atoms with Crippen molar-refractivity contribution in [3.63, 3.8) is 0 Å². The van der Waals surface area contributed by atoms with E-state index in [1.807, 2.05) is 0 Å². The van der Waals surface area contributed by atoms with Crippen LogP contribution in [0.2, 0.25) is 5.02 Å². The van der Waals surface area contributed by atoms with Crippen molar-refractivity contribution in [2.24, 2.45) is 5.73 Å². The molecule has 1 fully saturated rings. The van der Waals surface area contributed by atoms with Crippen LogP contribution in [0.25, 0.3) is 0 Å². The summed E-state index contributed by atoms with van der Waals surface area (Å²) in [5.41, 5.74) is 5.64. The summed E-state index contributed by atoms with van der Waals surface area (Å²) in [4.78, 5) is -0.351. The van der Waals surface area contributed by atoms with Gasteiger partial charge < -0.3 is 5.73 Å². The van der Waals surface area contributed by atoms with Crippen LogP contribution in [0.1, 0.15) is 6.42 Å². The molecule has 0 spiro atoms. The molecule has 2 N–H and O–H groups in total. The Kier molecular flexibility index (Phi) is 4.97. The van der Waals surface area contributed by atoms with E-state index in [2.05, 4.69) is 0 Å². The second kappa shape index (κ2) is 5.71. The molecule has 102 valence electrons. The fourth-order valence-electron chi connectivity index (χ4n) is 1.80. The normalized spacial score (nSPS) is 20.7. The van der Waals surface area contributed by atoms with Crippen molar-refractivity contribution in [1.82, 2.24) is 4.31 Å². The molecule has 8 heteroatoms. The van der Waals surface area contributed by atoms with Gasteiger partial charge in [0.1, 0.15) is 10.7 Å². The zero-order chi connectivity index (χ0) is 12.6. The van der Waals surface area contributed by atoms with Gasteiger partial charge in [-0.1, -0.05) is 11.6 Å². The number of hydrogen-bond acceptors (Lipinski definition) is 3. The van der Waals surface area contributed by atoms with Crippen LogP contribution in [0, 0.1) is 5.82 Å². The second-order valence-corrected chi connectivity index (χ2v) is 6.33. The molecule has 1 unspecified atom stereocenters. The molecular weight excluding hydrogens is 302 g/mol. The van der Waals surface area contributed by atoms with Gasteiger partial charge in [-0.25, -0.2) is 12.8 Å². The molecule has 0 saturated carbocycles. The van der Waals surface area contributed by atoms with E-state index in [9.17, 15) is 12.8 Å². The van der Waals surface area contributed by atoms with Crippen LogP contribution >= 0.6 is 24.0 Å². The van der Waals surface area contributed by atoms with Crippen LogP contribution < -0.4 is 5.73 Å². The highest BCUT2D eigenvalue weighted by Gasteiger charge is 2.32. The smallest absolute Gasteiger partial charge is 0.246 e. The summed E-state index contributed by atoms with van der Waals surface area (Å²) in [7, 11) is -3.80. The van der Waals surface area contributed by atoms with Crippen molar-refractivity contribution >= 4 is 34.0 Å². The lowest BCUT2D eigenvalue weighted by Crippen LogP contribution is -2.32. The molecule has 1 aliphatic rings. The third kappa shape index (κ3) is 2.95. The molecule has 1 atom stereocenters. The van der Waals surface area contributed by atoms with E-state index >= 15 is 0 Å². The Balaban J connectivity index is 0.00000162. The first-order valence-electron chi connectivity index (χ1n) is 5.12. The number of nitrogens with two attached hydrogens (primary N) is 1. The van der Waals surface area contributed by atoms with Crippen molar-refractivity contribution in [3.8, 4) is 0 Å². The first-order chi connectivity index (χ1) is 7.91. The molecule has 1 aromatic rings. The molecule has 2 rings (SSSR count). The average Bonchev–Trinajstić information content (AvgIpc) is 2.64. The van der Waals surface area contributed by atoms with E-state index in [4.69, 9.17) is 17.3 Å². The third-order valence-corrected chi connectivity index (χ3v) is 4.83. The van der Waals surface area contributed by atoms with Gasteiger partial charge in [0.05, 0.1) is 0 Å². The molecule has 0 radical (unpaired) electrons. The van der Waals surface area contributed by atoms with Gasteiger partial charge in [0.25, 0.3) is 0 Å². The number of rotatable bonds is 2. The van der Waals surface area contributed by atoms with E-state index in [1.165, 1.54) is 16.4 Å². The van der Waals surface area contributed by atoms with Crippen molar-refractivity contribution in [1.29, 1.82) is 0 Å². The SMILES string of the molecule is Cl.NC1CCN(S(=O)(=O)c2ccc(Cl)cc2F)C1. The molecule has 0 amide bonds. The molecule has 18 heavy (non-hydrogen) atoms. The summed E-state index contributed by atoms with van der Waals surface area (Å²) in [6.45, 7) is 0.552. The van der Waals surface area contributed by atoms with Crippen molar-refractivity contribution in [2.75, 3.05) is 13.1 Å². The first-order valence-corrected chi connectivity index (χ1v) is 6.94. The van der Waals surface area contributed by atoms with E-state index < -0.39 is 15.8 Å². The quantitative estimate of drug-likeness (QED) is 0.902. The second-order valence-electron chi connectivity index (χ2n) is 3.99. The molecular formula is C10H13Cl2FN2O2S. The molecule has 0 aromatic heterocycles. The lowest BCUT2D eigenvalue weighted by molar-refractivity contribution is 0.465. The molecule has 1 heterocycles. The minimum atomic E-state index is -3.80. The van der Waals surface area contributed by atoms with Crippen LogP contribution in [0.4, 0.5) is 4.39 Å². The first kappa shape index (κ1) is 15.7. The third-order valence-electron chi connectivity index (χ3n) is 2.70. The summed E-state index contributed by atoms with van der Waals surface area (Å²) in [6.07, 6.45) is 0.592. The molecule has 1 aromatic carbocycles. The fourth-order valence-corrected chi connectivity index (χ4v) is 3.51. The number of benzene rings is 1. The highest BCUT2D eigenvalue weighted by molar-refractivity contribution is 7.89. The van der Waals surface area contributed by atoms with Gasteiger partial charge in [0.15, 0.2) is 0 Å². The van der Waals surface area contributed by atoms with Crippen molar-refractivity contribution in [3.05, 3.63) is 29.0 Å². The van der Waals surface area contributed by atoms with Crippen LogP contribution in [0.15, 0.2) is 23.1 Å². The van der Waals surface area contributed by atoms with Crippen molar-refractivity contribution < 1.29 is 12.8 Å². The van der Waals surface area contributed by atoms with E-state index in [0.29, 0.717) is 13.0 Å².